The van der Waals surface area contributed by atoms with Crippen LogP contribution >= 0.6 is 0 Å². The number of nitrogens with two attached hydrogens (primary N) is 1. The zero-order valence-electron chi connectivity index (χ0n) is 12.5. The lowest BCUT2D eigenvalue weighted by atomic mass is 9.99. The molecule has 1 aromatic rings. The molecule has 5 heteroatoms. The monoisotopic (exact) mass is 303 g/mol. The van der Waals surface area contributed by atoms with Gasteiger partial charge in [0.2, 0.25) is 0 Å². The third-order valence-corrected chi connectivity index (χ3v) is 3.41. The Labute approximate surface area is 124 Å². The summed E-state index contributed by atoms with van der Waals surface area (Å²) in [7, 11) is 0. The molecule has 2 nitrogen and oxygen atoms in total. The van der Waals surface area contributed by atoms with Crippen molar-refractivity contribution in [2.24, 2.45) is 5.73 Å². The van der Waals surface area contributed by atoms with Crippen LogP contribution in [0.15, 0.2) is 24.3 Å². The lowest BCUT2D eigenvalue weighted by Gasteiger charge is -2.17. The molecule has 0 fully saturated rings. The number of ether oxygens (including phenoxy) is 1. The molecule has 120 valence electrons. The fourth-order valence-electron chi connectivity index (χ4n) is 2.30. The first-order chi connectivity index (χ1) is 9.94. The summed E-state index contributed by atoms with van der Waals surface area (Å²) in [5.41, 5.74) is 6.43. The summed E-state index contributed by atoms with van der Waals surface area (Å²) in [6.45, 7) is 2.16. The molecule has 1 unspecified atom stereocenters. The molecule has 0 spiro atoms. The van der Waals surface area contributed by atoms with Crippen LogP contribution in [0.2, 0.25) is 0 Å². The normalized spacial score (nSPS) is 13.2. The van der Waals surface area contributed by atoms with Gasteiger partial charge in [0.25, 0.3) is 0 Å². The Hall–Kier alpha value is -1.23. The van der Waals surface area contributed by atoms with Gasteiger partial charge in [-0.05, 0) is 12.5 Å². The zero-order chi connectivity index (χ0) is 15.7. The van der Waals surface area contributed by atoms with Gasteiger partial charge in [0.15, 0.2) is 0 Å². The summed E-state index contributed by atoms with van der Waals surface area (Å²) in [6.07, 6.45) is 2.76. The standard InChI is InChI=1S/C16H24F3NO/c1-2-3-4-5-6-7-11-14(20)13-10-8-9-12-15(13)21-16(17,18)19/h8-10,12,14H,2-7,11,20H2,1H3. The van der Waals surface area contributed by atoms with Crippen LogP contribution in [0.5, 0.6) is 5.75 Å². The molecule has 21 heavy (non-hydrogen) atoms. The first-order valence-corrected chi connectivity index (χ1v) is 7.54. The van der Waals surface area contributed by atoms with Crippen LogP contribution < -0.4 is 10.5 Å². The average molecular weight is 303 g/mol. The SMILES string of the molecule is CCCCCCCCC(N)c1ccccc1OC(F)(F)F. The average Bonchev–Trinajstić information content (AvgIpc) is 2.41. The summed E-state index contributed by atoms with van der Waals surface area (Å²) < 4.78 is 41.1. The van der Waals surface area contributed by atoms with E-state index in [0.717, 1.165) is 19.3 Å². The number of alkyl halides is 3. The second-order valence-corrected chi connectivity index (χ2v) is 5.25. The van der Waals surface area contributed by atoms with Crippen LogP contribution in [0.25, 0.3) is 0 Å². The fourth-order valence-corrected chi connectivity index (χ4v) is 2.30. The van der Waals surface area contributed by atoms with Gasteiger partial charge in [0.1, 0.15) is 5.75 Å². The molecule has 0 aliphatic rings. The largest absolute Gasteiger partial charge is 0.573 e. The van der Waals surface area contributed by atoms with E-state index in [1.165, 1.54) is 31.4 Å². The number of para-hydroxylation sites is 1. The Morgan fingerprint density at radius 2 is 1.67 bits per heavy atom. The van der Waals surface area contributed by atoms with Crippen LogP contribution in [-0.2, 0) is 0 Å². The van der Waals surface area contributed by atoms with Crippen LogP contribution in [0.4, 0.5) is 13.2 Å². The molecule has 0 aliphatic carbocycles. The molecular formula is C16H24F3NO. The Kier molecular flexibility index (Phi) is 7.57. The number of unbranched alkanes of at least 4 members (excludes halogenated alkanes) is 5. The van der Waals surface area contributed by atoms with Crippen molar-refractivity contribution in [2.75, 3.05) is 0 Å². The van der Waals surface area contributed by atoms with E-state index in [1.807, 2.05) is 0 Å². The van der Waals surface area contributed by atoms with Gasteiger partial charge in [-0.2, -0.15) is 0 Å². The summed E-state index contributed by atoms with van der Waals surface area (Å²) in [5.74, 6) is -0.191. The van der Waals surface area contributed by atoms with Crippen LogP contribution in [0.1, 0.15) is 63.5 Å². The molecule has 1 atom stereocenters. The molecule has 0 radical (unpaired) electrons. The maximum atomic E-state index is 12.3. The van der Waals surface area contributed by atoms with E-state index in [-0.39, 0.29) is 5.75 Å². The Balaban J connectivity index is 2.48. The number of benzene rings is 1. The number of hydrogen-bond donors (Lipinski definition) is 1. The highest BCUT2D eigenvalue weighted by molar-refractivity contribution is 5.35. The van der Waals surface area contributed by atoms with Crippen molar-refractivity contribution in [1.29, 1.82) is 0 Å². The predicted octanol–water partition coefficient (Wildman–Crippen LogP) is 5.34. The topological polar surface area (TPSA) is 35.2 Å². The van der Waals surface area contributed by atoms with Gasteiger partial charge in [0, 0.05) is 11.6 Å². The molecule has 0 aliphatic heterocycles. The maximum Gasteiger partial charge on any atom is 0.573 e. The minimum Gasteiger partial charge on any atom is -0.405 e. The highest BCUT2D eigenvalue weighted by Crippen LogP contribution is 2.31. The van der Waals surface area contributed by atoms with Crippen molar-refractivity contribution < 1.29 is 17.9 Å². The first kappa shape index (κ1) is 17.8. The Morgan fingerprint density at radius 3 is 2.33 bits per heavy atom. The number of halogens is 3. The van der Waals surface area contributed by atoms with Crippen LogP contribution in [0.3, 0.4) is 0 Å². The van der Waals surface area contributed by atoms with Crippen molar-refractivity contribution in [1.82, 2.24) is 0 Å². The van der Waals surface area contributed by atoms with E-state index in [9.17, 15) is 13.2 Å². The summed E-state index contributed by atoms with van der Waals surface area (Å²) in [5, 5.41) is 0. The minimum absolute atomic E-state index is 0.191. The van der Waals surface area contributed by atoms with Crippen molar-refractivity contribution in [2.45, 2.75) is 64.3 Å². The van der Waals surface area contributed by atoms with Gasteiger partial charge < -0.3 is 10.5 Å². The Morgan fingerprint density at radius 1 is 1.05 bits per heavy atom. The quantitative estimate of drug-likeness (QED) is 0.625. The van der Waals surface area contributed by atoms with E-state index in [2.05, 4.69) is 11.7 Å². The lowest BCUT2D eigenvalue weighted by molar-refractivity contribution is -0.275. The molecule has 0 aromatic heterocycles. The predicted molar refractivity (Wildman–Crippen MR) is 78.0 cm³/mol. The van der Waals surface area contributed by atoms with Crippen molar-refractivity contribution in [3.05, 3.63) is 29.8 Å². The molecule has 0 saturated carbocycles. The molecule has 1 aromatic carbocycles. The van der Waals surface area contributed by atoms with Gasteiger partial charge in [-0.15, -0.1) is 13.2 Å². The molecular weight excluding hydrogens is 279 g/mol. The zero-order valence-corrected chi connectivity index (χ0v) is 12.5. The fraction of sp³-hybridized carbons (Fsp3) is 0.625. The van der Waals surface area contributed by atoms with E-state index >= 15 is 0 Å². The van der Waals surface area contributed by atoms with Crippen LogP contribution in [0, 0.1) is 0 Å². The molecule has 0 amide bonds. The first-order valence-electron chi connectivity index (χ1n) is 7.54. The summed E-state index contributed by atoms with van der Waals surface area (Å²) >= 11 is 0. The van der Waals surface area contributed by atoms with Gasteiger partial charge >= 0.3 is 6.36 Å². The molecule has 1 rings (SSSR count). The van der Waals surface area contributed by atoms with Gasteiger partial charge in [0.05, 0.1) is 0 Å². The minimum atomic E-state index is -4.68. The molecule has 0 bridgehead atoms. The highest BCUT2D eigenvalue weighted by Gasteiger charge is 2.32. The third-order valence-electron chi connectivity index (χ3n) is 3.41. The molecule has 0 heterocycles. The maximum absolute atomic E-state index is 12.3. The van der Waals surface area contributed by atoms with E-state index < -0.39 is 12.4 Å². The summed E-state index contributed by atoms with van der Waals surface area (Å²) in [4.78, 5) is 0. The smallest absolute Gasteiger partial charge is 0.405 e. The van der Waals surface area contributed by atoms with Gasteiger partial charge in [-0.25, -0.2) is 0 Å². The van der Waals surface area contributed by atoms with Gasteiger partial charge in [-0.1, -0.05) is 63.6 Å². The van der Waals surface area contributed by atoms with Crippen LogP contribution in [-0.4, -0.2) is 6.36 Å². The molecule has 0 saturated heterocycles. The highest BCUT2D eigenvalue weighted by atomic mass is 19.4. The second-order valence-electron chi connectivity index (χ2n) is 5.25. The number of hydrogen-bond acceptors (Lipinski definition) is 2. The Bertz CT molecular complexity index is 407. The van der Waals surface area contributed by atoms with Crippen molar-refractivity contribution >= 4 is 0 Å². The third kappa shape index (κ3) is 7.37. The molecule has 2 N–H and O–H groups in total. The van der Waals surface area contributed by atoms with Crippen molar-refractivity contribution in [3.8, 4) is 5.75 Å². The number of rotatable bonds is 9. The summed E-state index contributed by atoms with van der Waals surface area (Å²) in [6, 6.07) is 5.68. The van der Waals surface area contributed by atoms with Crippen molar-refractivity contribution in [3.63, 3.8) is 0 Å². The van der Waals surface area contributed by atoms with Gasteiger partial charge in [-0.3, -0.25) is 0 Å². The van der Waals surface area contributed by atoms with E-state index in [0.29, 0.717) is 12.0 Å². The second kappa shape index (κ2) is 8.93. The van der Waals surface area contributed by atoms with E-state index in [1.54, 1.807) is 12.1 Å². The lowest BCUT2D eigenvalue weighted by Crippen LogP contribution is -2.20. The van der Waals surface area contributed by atoms with E-state index in [4.69, 9.17) is 5.73 Å².